The van der Waals surface area contributed by atoms with E-state index in [0.29, 0.717) is 38.6 Å². The van der Waals surface area contributed by atoms with E-state index in [1.54, 1.807) is 36.4 Å². The molecule has 0 saturated carbocycles. The Morgan fingerprint density at radius 2 is 1.86 bits per heavy atom. The van der Waals surface area contributed by atoms with Crippen LogP contribution in [0.25, 0.3) is 5.76 Å². The zero-order valence-corrected chi connectivity index (χ0v) is 25.0. The first-order valence-corrected chi connectivity index (χ1v) is 15.1. The van der Waals surface area contributed by atoms with E-state index in [-0.39, 0.29) is 28.0 Å². The second kappa shape index (κ2) is 12.8. The maximum Gasteiger partial charge on any atom is 0.301 e. The number of thioether (sulfide) groups is 1. The molecule has 1 unspecified atom stereocenters. The number of aliphatic hydroxyl groups excluding tert-OH is 1. The highest BCUT2D eigenvalue weighted by molar-refractivity contribution is 8.00. The number of phenols is 1. The lowest BCUT2D eigenvalue weighted by atomic mass is 9.95. The number of hydrogen-bond donors (Lipinski definition) is 2. The smallest absolute Gasteiger partial charge is 0.301 e. The van der Waals surface area contributed by atoms with Crippen molar-refractivity contribution in [2.45, 2.75) is 29.5 Å². The first kappa shape index (κ1) is 29.4. The predicted octanol–water partition coefficient (Wildman–Crippen LogP) is 6.61. The number of benzene rings is 3. The minimum absolute atomic E-state index is 0.116. The minimum atomic E-state index is -1.06. The van der Waals surface area contributed by atoms with Gasteiger partial charge in [0, 0.05) is 16.3 Å². The fourth-order valence-electron chi connectivity index (χ4n) is 4.41. The third-order valence-corrected chi connectivity index (χ3v) is 8.95. The zero-order valence-electron chi connectivity index (χ0n) is 22.6. The third-order valence-electron chi connectivity index (χ3n) is 6.48. The normalized spacial score (nSPS) is 16.2. The number of ketones is 1. The number of halogens is 1. The van der Waals surface area contributed by atoms with Gasteiger partial charge in [-0.1, -0.05) is 65.9 Å². The number of anilines is 1. The molecule has 1 aliphatic rings. The van der Waals surface area contributed by atoms with E-state index in [4.69, 9.17) is 21.1 Å². The lowest BCUT2D eigenvalue weighted by molar-refractivity contribution is -0.132. The van der Waals surface area contributed by atoms with Crippen LogP contribution < -0.4 is 14.4 Å². The minimum Gasteiger partial charge on any atom is -0.507 e. The number of Topliss-reactive ketones (excluding diaryl/α,β-unsaturated/α-hetero) is 1. The maximum atomic E-state index is 13.5. The fourth-order valence-corrected chi connectivity index (χ4v) is 6.56. The first-order chi connectivity index (χ1) is 20.3. The number of hydrogen-bond acceptors (Lipinski definition) is 10. The highest BCUT2D eigenvalue weighted by atomic mass is 35.5. The van der Waals surface area contributed by atoms with Crippen LogP contribution in [0.1, 0.15) is 36.1 Å². The van der Waals surface area contributed by atoms with E-state index < -0.39 is 17.7 Å². The third kappa shape index (κ3) is 5.94. The number of amides is 1. The Bertz CT molecular complexity index is 1660. The lowest BCUT2D eigenvalue weighted by Gasteiger charge is -2.23. The van der Waals surface area contributed by atoms with E-state index in [9.17, 15) is 19.8 Å². The van der Waals surface area contributed by atoms with Gasteiger partial charge in [0.25, 0.3) is 5.78 Å². The second-order valence-corrected chi connectivity index (χ2v) is 11.8. The number of aromatic hydroxyl groups is 1. The van der Waals surface area contributed by atoms with Gasteiger partial charge in [0.05, 0.1) is 25.3 Å². The summed E-state index contributed by atoms with van der Waals surface area (Å²) in [5.41, 5.74) is 1.55. The van der Waals surface area contributed by atoms with Gasteiger partial charge in [-0.2, -0.15) is 0 Å². The fraction of sp³-hybridized carbons (Fsp3) is 0.200. The number of methoxy groups -OCH3 is 1. The van der Waals surface area contributed by atoms with Crippen LogP contribution >= 0.6 is 34.7 Å². The summed E-state index contributed by atoms with van der Waals surface area (Å²) in [5.74, 6) is -0.925. The molecule has 1 aromatic heterocycles. The van der Waals surface area contributed by atoms with Crippen molar-refractivity contribution >= 4 is 57.3 Å². The van der Waals surface area contributed by atoms with Gasteiger partial charge in [-0.3, -0.25) is 14.5 Å². The number of rotatable bonds is 10. The molecule has 2 N–H and O–H groups in total. The van der Waals surface area contributed by atoms with Crippen LogP contribution in [-0.2, 0) is 15.3 Å². The van der Waals surface area contributed by atoms with Crippen molar-refractivity contribution in [2.24, 2.45) is 0 Å². The van der Waals surface area contributed by atoms with Gasteiger partial charge in [0.2, 0.25) is 5.13 Å². The quantitative estimate of drug-likeness (QED) is 0.0660. The summed E-state index contributed by atoms with van der Waals surface area (Å²) in [6.07, 6.45) is 0.840. The molecular formula is C30H26ClN3O6S2. The average Bonchev–Trinajstić information content (AvgIpc) is 3.57. The van der Waals surface area contributed by atoms with Gasteiger partial charge in [-0.15, -0.1) is 10.2 Å². The zero-order chi connectivity index (χ0) is 29.8. The van der Waals surface area contributed by atoms with Gasteiger partial charge in [0.1, 0.15) is 11.5 Å². The van der Waals surface area contributed by atoms with Crippen molar-refractivity contribution in [3.8, 4) is 17.2 Å². The molecule has 0 spiro atoms. The van der Waals surface area contributed by atoms with Gasteiger partial charge < -0.3 is 19.7 Å². The number of ether oxygens (including phenoxy) is 2. The van der Waals surface area contributed by atoms with E-state index in [1.165, 1.54) is 35.9 Å². The summed E-state index contributed by atoms with van der Waals surface area (Å²) in [7, 11) is 1.39. The van der Waals surface area contributed by atoms with Gasteiger partial charge in [-0.05, 0) is 60.0 Å². The van der Waals surface area contributed by atoms with Crippen LogP contribution in [0.2, 0.25) is 5.02 Å². The molecule has 216 valence electrons. The monoisotopic (exact) mass is 623 g/mol. The Labute approximate surface area is 255 Å². The van der Waals surface area contributed by atoms with E-state index >= 15 is 0 Å². The van der Waals surface area contributed by atoms with Crippen LogP contribution in [0.3, 0.4) is 0 Å². The Morgan fingerprint density at radius 1 is 1.10 bits per heavy atom. The molecule has 0 bridgehead atoms. The van der Waals surface area contributed by atoms with Crippen LogP contribution in [-0.4, -0.2) is 45.8 Å². The van der Waals surface area contributed by atoms with Crippen molar-refractivity contribution in [1.82, 2.24) is 10.2 Å². The summed E-state index contributed by atoms with van der Waals surface area (Å²) in [6, 6.07) is 17.5. The predicted molar refractivity (Wildman–Crippen MR) is 163 cm³/mol. The maximum absolute atomic E-state index is 13.5. The van der Waals surface area contributed by atoms with Crippen LogP contribution in [0.4, 0.5) is 5.13 Å². The number of nitrogens with zero attached hydrogens (tertiary/aromatic N) is 3. The summed E-state index contributed by atoms with van der Waals surface area (Å²) in [4.78, 5) is 28.2. The average molecular weight is 624 g/mol. The number of phenolic OH excluding ortho intramolecular Hbond substituents is 1. The molecule has 0 aliphatic carbocycles. The number of carbonyl (C=O) groups is 2. The van der Waals surface area contributed by atoms with E-state index in [1.807, 2.05) is 25.1 Å². The Kier molecular flexibility index (Phi) is 9.00. The molecule has 9 nitrogen and oxygen atoms in total. The van der Waals surface area contributed by atoms with Crippen molar-refractivity contribution in [3.05, 3.63) is 94.0 Å². The Hall–Kier alpha value is -4.06. The molecule has 42 heavy (non-hydrogen) atoms. The highest BCUT2D eigenvalue weighted by Gasteiger charge is 2.48. The first-order valence-electron chi connectivity index (χ1n) is 12.9. The number of aliphatic hydroxyl groups is 1. The lowest BCUT2D eigenvalue weighted by Crippen LogP contribution is -2.29. The molecule has 1 aliphatic heterocycles. The second-order valence-electron chi connectivity index (χ2n) is 9.20. The molecule has 2 heterocycles. The number of aromatic nitrogens is 2. The largest absolute Gasteiger partial charge is 0.507 e. The summed E-state index contributed by atoms with van der Waals surface area (Å²) in [5, 5.41) is 30.9. The molecule has 3 aromatic carbocycles. The molecule has 1 atom stereocenters. The van der Waals surface area contributed by atoms with Crippen LogP contribution in [0, 0.1) is 0 Å². The van der Waals surface area contributed by atoms with Crippen molar-refractivity contribution in [3.63, 3.8) is 0 Å². The summed E-state index contributed by atoms with van der Waals surface area (Å²) >= 11 is 8.82. The molecule has 1 saturated heterocycles. The molecule has 1 fully saturated rings. The van der Waals surface area contributed by atoms with E-state index in [2.05, 4.69) is 10.2 Å². The molecular weight excluding hydrogens is 598 g/mol. The van der Waals surface area contributed by atoms with Crippen molar-refractivity contribution in [2.75, 3.05) is 18.6 Å². The molecule has 5 rings (SSSR count). The van der Waals surface area contributed by atoms with Crippen LogP contribution in [0.5, 0.6) is 17.2 Å². The highest BCUT2D eigenvalue weighted by Crippen LogP contribution is 2.45. The summed E-state index contributed by atoms with van der Waals surface area (Å²) < 4.78 is 11.5. The van der Waals surface area contributed by atoms with Gasteiger partial charge in [-0.25, -0.2) is 0 Å². The van der Waals surface area contributed by atoms with Crippen molar-refractivity contribution in [1.29, 1.82) is 0 Å². The van der Waals surface area contributed by atoms with Gasteiger partial charge >= 0.3 is 5.91 Å². The number of carbonyl (C=O) groups excluding carboxylic acids is 2. The molecule has 1 amide bonds. The Morgan fingerprint density at radius 3 is 2.57 bits per heavy atom. The molecule has 12 heteroatoms. The van der Waals surface area contributed by atoms with E-state index in [0.717, 1.165) is 23.3 Å². The van der Waals surface area contributed by atoms with Crippen LogP contribution in [0.15, 0.2) is 76.6 Å². The van der Waals surface area contributed by atoms with Crippen molar-refractivity contribution < 1.29 is 29.3 Å². The van der Waals surface area contributed by atoms with Gasteiger partial charge in [0.15, 0.2) is 15.8 Å². The molecule has 4 aromatic rings. The topological polar surface area (TPSA) is 122 Å². The Balaban J connectivity index is 1.54. The summed E-state index contributed by atoms with van der Waals surface area (Å²) in [6.45, 7) is 2.54. The molecule has 0 radical (unpaired) electrons. The SMILES string of the molecule is CCCOc1ccc(/C(O)=C2/C(=O)C(=O)N(c3nnc(SCc4ccccc4Cl)s3)C2c2ccc(O)c(OC)c2)cc1. The standard InChI is InChI=1S/C30H26ClN3O6S2/c1-3-14-40-20-11-8-17(9-12-20)26(36)24-25(18-10-13-22(35)23(15-18)39-2)34(28(38)27(24)37)29-32-33-30(42-29)41-16-19-6-4-5-7-21(19)31/h4-13,15,25,35-36H,3,14,16H2,1-2H3/b26-24-.